The summed E-state index contributed by atoms with van der Waals surface area (Å²) in [4.78, 5) is 21.2. The van der Waals surface area contributed by atoms with Crippen LogP contribution in [-0.4, -0.2) is 11.2 Å². The number of aldehydes is 1. The molecule has 0 unspecified atom stereocenters. The molecule has 0 amide bonds. The fraction of sp³-hybridized carbons (Fsp3) is 0.133. The van der Waals surface area contributed by atoms with Crippen LogP contribution in [0.2, 0.25) is 0 Å². The minimum absolute atomic E-state index is 0.0650. The molecule has 0 N–H and O–H groups in total. The summed E-state index contributed by atoms with van der Waals surface area (Å²) >= 11 is 3.33. The normalized spacial score (nSPS) is 10.2. The largest absolute Gasteiger partial charge is 0.456 e. The molecule has 2 aromatic carbocycles. The predicted molar refractivity (Wildman–Crippen MR) is 82.2 cm³/mol. The second-order valence-corrected chi connectivity index (χ2v) is 5.43. The van der Waals surface area contributed by atoms with Crippen molar-refractivity contribution in [3.05, 3.63) is 61.6 Å². The molecule has 0 atom stereocenters. The van der Waals surface area contributed by atoms with Crippen molar-refractivity contribution in [2.75, 3.05) is 0 Å². The van der Waals surface area contributed by atoms with Gasteiger partial charge < -0.3 is 4.74 Å². The van der Waals surface area contributed by atoms with Crippen molar-refractivity contribution in [3.8, 4) is 11.5 Å². The molecule has 0 aliphatic rings. The first-order valence-corrected chi connectivity index (χ1v) is 6.90. The summed E-state index contributed by atoms with van der Waals surface area (Å²) in [6, 6.07) is 8.08. The second kappa shape index (κ2) is 6.05. The number of carbonyl (C=O) groups excluding carboxylic acids is 1. The van der Waals surface area contributed by atoms with Crippen LogP contribution in [0, 0.1) is 24.0 Å². The fourth-order valence-corrected chi connectivity index (χ4v) is 2.35. The Bertz CT molecular complexity index is 728. The number of nitro groups is 1. The standard InChI is InChI=1S/C15H12BrNO4/c1-9-6-15(10(2)5-13(9)17(19)20)21-14-4-3-11(8-18)7-12(14)16/h3-8H,1-2H3. The molecule has 0 heterocycles. The van der Waals surface area contributed by atoms with Gasteiger partial charge in [-0.25, -0.2) is 0 Å². The second-order valence-electron chi connectivity index (χ2n) is 4.57. The van der Waals surface area contributed by atoms with E-state index < -0.39 is 4.92 Å². The summed E-state index contributed by atoms with van der Waals surface area (Å²) < 4.78 is 6.41. The van der Waals surface area contributed by atoms with E-state index in [4.69, 9.17) is 4.74 Å². The highest BCUT2D eigenvalue weighted by Crippen LogP contribution is 2.34. The van der Waals surface area contributed by atoms with E-state index in [2.05, 4.69) is 15.9 Å². The summed E-state index contributed by atoms with van der Waals surface area (Å²) in [6.07, 6.45) is 0.746. The van der Waals surface area contributed by atoms with Crippen LogP contribution in [0.15, 0.2) is 34.8 Å². The van der Waals surface area contributed by atoms with Crippen LogP contribution >= 0.6 is 15.9 Å². The first kappa shape index (κ1) is 15.2. The van der Waals surface area contributed by atoms with Crippen molar-refractivity contribution in [1.29, 1.82) is 0 Å². The van der Waals surface area contributed by atoms with Crippen LogP contribution in [0.25, 0.3) is 0 Å². The van der Waals surface area contributed by atoms with Crippen LogP contribution in [0.5, 0.6) is 11.5 Å². The number of hydrogen-bond acceptors (Lipinski definition) is 4. The fourth-order valence-electron chi connectivity index (χ4n) is 1.87. The van der Waals surface area contributed by atoms with Gasteiger partial charge in [0.2, 0.25) is 0 Å². The number of ether oxygens (including phenoxy) is 1. The smallest absolute Gasteiger partial charge is 0.272 e. The Kier molecular flexibility index (Phi) is 4.37. The van der Waals surface area contributed by atoms with Crippen molar-refractivity contribution in [2.24, 2.45) is 0 Å². The SMILES string of the molecule is Cc1cc([N+](=O)[O-])c(C)cc1Oc1ccc(C=O)cc1Br. The Morgan fingerprint density at radius 1 is 1.14 bits per heavy atom. The van der Waals surface area contributed by atoms with Gasteiger partial charge in [-0.3, -0.25) is 14.9 Å². The number of benzene rings is 2. The molecule has 5 nitrogen and oxygen atoms in total. The molecule has 0 saturated heterocycles. The number of nitrogens with zero attached hydrogens (tertiary/aromatic N) is 1. The Hall–Kier alpha value is -2.21. The van der Waals surface area contributed by atoms with Gasteiger partial charge in [-0.2, -0.15) is 0 Å². The van der Waals surface area contributed by atoms with Crippen LogP contribution in [-0.2, 0) is 0 Å². The van der Waals surface area contributed by atoms with E-state index in [-0.39, 0.29) is 5.69 Å². The molecule has 0 fully saturated rings. The van der Waals surface area contributed by atoms with E-state index in [9.17, 15) is 14.9 Å². The average molecular weight is 350 g/mol. The molecule has 0 radical (unpaired) electrons. The number of halogens is 1. The summed E-state index contributed by atoms with van der Waals surface area (Å²) in [5.41, 5.74) is 1.79. The maximum atomic E-state index is 10.9. The monoisotopic (exact) mass is 349 g/mol. The molecular weight excluding hydrogens is 338 g/mol. The maximum Gasteiger partial charge on any atom is 0.272 e. The number of aryl methyl sites for hydroxylation is 2. The zero-order valence-corrected chi connectivity index (χ0v) is 13.0. The zero-order chi connectivity index (χ0) is 15.6. The van der Waals surface area contributed by atoms with Crippen LogP contribution in [0.1, 0.15) is 21.5 Å². The molecule has 0 aliphatic carbocycles. The van der Waals surface area contributed by atoms with Gasteiger partial charge in [0.25, 0.3) is 5.69 Å². The van der Waals surface area contributed by atoms with Gasteiger partial charge in [0.1, 0.15) is 17.8 Å². The summed E-state index contributed by atoms with van der Waals surface area (Å²) in [5.74, 6) is 1.08. The van der Waals surface area contributed by atoms with E-state index in [1.165, 1.54) is 6.07 Å². The predicted octanol–water partition coefficient (Wildman–Crippen LogP) is 4.58. The first-order valence-electron chi connectivity index (χ1n) is 6.10. The molecular formula is C15H12BrNO4. The van der Waals surface area contributed by atoms with Gasteiger partial charge in [-0.1, -0.05) is 0 Å². The number of hydrogen-bond donors (Lipinski definition) is 0. The minimum Gasteiger partial charge on any atom is -0.456 e. The lowest BCUT2D eigenvalue weighted by Gasteiger charge is -2.11. The number of carbonyl (C=O) groups is 1. The van der Waals surface area contributed by atoms with Crippen molar-refractivity contribution < 1.29 is 14.5 Å². The Morgan fingerprint density at radius 3 is 2.43 bits per heavy atom. The zero-order valence-electron chi connectivity index (χ0n) is 11.4. The van der Waals surface area contributed by atoms with E-state index in [1.54, 1.807) is 38.1 Å². The molecule has 0 saturated carbocycles. The number of rotatable bonds is 4. The lowest BCUT2D eigenvalue weighted by atomic mass is 10.1. The topological polar surface area (TPSA) is 69.4 Å². The molecule has 0 aromatic heterocycles. The Morgan fingerprint density at radius 2 is 1.86 bits per heavy atom. The Labute approximate surface area is 129 Å². The summed E-state index contributed by atoms with van der Waals surface area (Å²) in [7, 11) is 0. The average Bonchev–Trinajstić information content (AvgIpc) is 2.44. The van der Waals surface area contributed by atoms with Gasteiger partial charge in [-0.15, -0.1) is 0 Å². The highest BCUT2D eigenvalue weighted by Gasteiger charge is 2.15. The Balaban J connectivity index is 2.38. The van der Waals surface area contributed by atoms with Gasteiger partial charge in [-0.05, 0) is 59.6 Å². The third kappa shape index (κ3) is 3.28. The molecule has 21 heavy (non-hydrogen) atoms. The van der Waals surface area contributed by atoms with E-state index in [1.807, 2.05) is 0 Å². The molecule has 2 aromatic rings. The molecule has 108 valence electrons. The van der Waals surface area contributed by atoms with Crippen molar-refractivity contribution in [2.45, 2.75) is 13.8 Å². The minimum atomic E-state index is -0.416. The first-order chi connectivity index (χ1) is 9.92. The maximum absolute atomic E-state index is 10.9. The van der Waals surface area contributed by atoms with E-state index >= 15 is 0 Å². The van der Waals surface area contributed by atoms with Gasteiger partial charge in [0, 0.05) is 17.2 Å². The lowest BCUT2D eigenvalue weighted by molar-refractivity contribution is -0.385. The third-order valence-corrected chi connectivity index (χ3v) is 3.62. The van der Waals surface area contributed by atoms with Gasteiger partial charge in [0.05, 0.1) is 9.40 Å². The van der Waals surface area contributed by atoms with Crippen molar-refractivity contribution in [1.82, 2.24) is 0 Å². The molecule has 0 bridgehead atoms. The molecule has 0 aliphatic heterocycles. The summed E-state index contributed by atoms with van der Waals surface area (Å²) in [6.45, 7) is 3.41. The highest BCUT2D eigenvalue weighted by atomic mass is 79.9. The van der Waals surface area contributed by atoms with Crippen molar-refractivity contribution >= 4 is 27.9 Å². The molecule has 2 rings (SSSR count). The molecule has 0 spiro atoms. The van der Waals surface area contributed by atoms with Crippen LogP contribution < -0.4 is 4.74 Å². The van der Waals surface area contributed by atoms with E-state index in [0.29, 0.717) is 32.7 Å². The lowest BCUT2D eigenvalue weighted by Crippen LogP contribution is -1.96. The van der Waals surface area contributed by atoms with Crippen LogP contribution in [0.3, 0.4) is 0 Å². The van der Waals surface area contributed by atoms with Gasteiger partial charge in [0.15, 0.2) is 0 Å². The van der Waals surface area contributed by atoms with Gasteiger partial charge >= 0.3 is 0 Å². The van der Waals surface area contributed by atoms with E-state index in [0.717, 1.165) is 6.29 Å². The van der Waals surface area contributed by atoms with Crippen molar-refractivity contribution in [3.63, 3.8) is 0 Å². The summed E-state index contributed by atoms with van der Waals surface area (Å²) in [5, 5.41) is 10.9. The quantitative estimate of drug-likeness (QED) is 0.460. The third-order valence-electron chi connectivity index (χ3n) is 3.00. The number of nitro benzene ring substituents is 1. The van der Waals surface area contributed by atoms with Crippen LogP contribution in [0.4, 0.5) is 5.69 Å². The highest BCUT2D eigenvalue weighted by molar-refractivity contribution is 9.10. The molecule has 6 heteroatoms.